The zero-order valence-corrected chi connectivity index (χ0v) is 20.0. The van der Waals surface area contributed by atoms with Crippen LogP contribution in [-0.2, 0) is 14.3 Å². The van der Waals surface area contributed by atoms with Crippen LogP contribution in [0.1, 0.15) is 39.5 Å². The van der Waals surface area contributed by atoms with Crippen LogP contribution >= 0.6 is 23.4 Å². The Balaban J connectivity index is 1.68. The van der Waals surface area contributed by atoms with Crippen molar-refractivity contribution >= 4 is 29.3 Å². The summed E-state index contributed by atoms with van der Waals surface area (Å²) in [5.74, 6) is 0.661. The lowest BCUT2D eigenvalue weighted by Crippen LogP contribution is -2.65. The van der Waals surface area contributed by atoms with Gasteiger partial charge >= 0.3 is 0 Å². The summed E-state index contributed by atoms with van der Waals surface area (Å²) in [6.07, 6.45) is 1.00. The molecule has 3 saturated heterocycles. The summed E-state index contributed by atoms with van der Waals surface area (Å²) < 4.78 is 11.9. The van der Waals surface area contributed by atoms with Gasteiger partial charge in [-0.05, 0) is 37.9 Å². The second kappa shape index (κ2) is 11.3. The van der Waals surface area contributed by atoms with Crippen molar-refractivity contribution in [3.63, 3.8) is 0 Å². The van der Waals surface area contributed by atoms with Crippen LogP contribution in [0.15, 0.2) is 0 Å². The summed E-state index contributed by atoms with van der Waals surface area (Å²) in [6, 6.07) is -1.25. The van der Waals surface area contributed by atoms with E-state index in [-0.39, 0.29) is 17.9 Å². The number of hydrogen-bond donors (Lipinski definition) is 5. The number of thioether (sulfide) groups is 1. The number of alkyl halides is 1. The van der Waals surface area contributed by atoms with E-state index in [0.717, 1.165) is 25.8 Å². The summed E-state index contributed by atoms with van der Waals surface area (Å²) in [6.45, 7) is 5.28. The van der Waals surface area contributed by atoms with E-state index >= 15 is 0 Å². The fourth-order valence-electron chi connectivity index (χ4n) is 5.14. The van der Waals surface area contributed by atoms with E-state index in [0.29, 0.717) is 12.5 Å². The fourth-order valence-corrected chi connectivity index (χ4v) is 6.02. The minimum Gasteiger partial charge on any atom is -0.388 e. The van der Waals surface area contributed by atoms with Gasteiger partial charge in [0.25, 0.3) is 0 Å². The minimum atomic E-state index is -1.39. The number of rotatable bonds is 7. The van der Waals surface area contributed by atoms with Gasteiger partial charge in [0.2, 0.25) is 5.91 Å². The highest BCUT2D eigenvalue weighted by atomic mass is 35.5. The molecule has 0 spiro atoms. The molecule has 3 aliphatic heterocycles. The molecule has 0 radical (unpaired) electrons. The van der Waals surface area contributed by atoms with E-state index in [1.54, 1.807) is 13.2 Å². The van der Waals surface area contributed by atoms with Gasteiger partial charge in [0.1, 0.15) is 35.9 Å². The SMILES string of the molecule is CCC[C@@H]1CCO[C@@H]2[C@H](CN[C@@H]2C(=O)N[C@H]([C@H](C)Cl)[C@H]2OC(SC)[C@H](O)C(O)C2O)C1. The molecule has 180 valence electrons. The molecule has 5 N–H and O–H groups in total. The van der Waals surface area contributed by atoms with Gasteiger partial charge in [-0.15, -0.1) is 23.4 Å². The van der Waals surface area contributed by atoms with E-state index in [1.807, 2.05) is 0 Å². The number of hydrogen-bond acceptors (Lipinski definition) is 8. The third-order valence-electron chi connectivity index (χ3n) is 6.84. The molecule has 3 fully saturated rings. The van der Waals surface area contributed by atoms with Gasteiger partial charge in [-0.3, -0.25) is 4.79 Å². The molecule has 31 heavy (non-hydrogen) atoms. The lowest BCUT2D eigenvalue weighted by atomic mass is 9.87. The van der Waals surface area contributed by atoms with E-state index < -0.39 is 47.3 Å². The third-order valence-corrected chi connectivity index (χ3v) is 7.97. The minimum absolute atomic E-state index is 0.198. The molecule has 0 saturated carbocycles. The molecule has 0 aromatic heterocycles. The highest BCUT2D eigenvalue weighted by molar-refractivity contribution is 7.99. The Bertz CT molecular complexity index is 600. The number of carbonyl (C=O) groups excluding carboxylic acids is 1. The van der Waals surface area contributed by atoms with Crippen molar-refractivity contribution in [1.29, 1.82) is 0 Å². The second-order valence-electron chi connectivity index (χ2n) is 9.05. The van der Waals surface area contributed by atoms with Crippen molar-refractivity contribution < 1.29 is 29.6 Å². The van der Waals surface area contributed by atoms with Crippen LogP contribution in [0.25, 0.3) is 0 Å². The first-order valence-corrected chi connectivity index (χ1v) is 13.0. The molecule has 3 rings (SSSR count). The Morgan fingerprint density at radius 3 is 2.68 bits per heavy atom. The summed E-state index contributed by atoms with van der Waals surface area (Å²) in [5, 5.41) is 36.6. The quantitative estimate of drug-likeness (QED) is 0.333. The number of amides is 1. The maximum Gasteiger partial charge on any atom is 0.240 e. The van der Waals surface area contributed by atoms with Crippen molar-refractivity contribution in [3.8, 4) is 0 Å². The first-order chi connectivity index (χ1) is 14.8. The Morgan fingerprint density at radius 2 is 2.03 bits per heavy atom. The van der Waals surface area contributed by atoms with Gasteiger partial charge in [0.05, 0.1) is 17.5 Å². The third kappa shape index (κ3) is 5.69. The van der Waals surface area contributed by atoms with Gasteiger partial charge < -0.3 is 35.4 Å². The highest BCUT2D eigenvalue weighted by Crippen LogP contribution is 2.33. The van der Waals surface area contributed by atoms with E-state index in [2.05, 4.69) is 17.6 Å². The van der Waals surface area contributed by atoms with Crippen LogP contribution in [0.2, 0.25) is 0 Å². The molecule has 0 aliphatic carbocycles. The van der Waals surface area contributed by atoms with Crippen LogP contribution < -0.4 is 10.6 Å². The molecule has 10 heteroatoms. The van der Waals surface area contributed by atoms with Crippen molar-refractivity contribution in [1.82, 2.24) is 10.6 Å². The van der Waals surface area contributed by atoms with Crippen LogP contribution in [0.5, 0.6) is 0 Å². The molecule has 0 aromatic carbocycles. The van der Waals surface area contributed by atoms with Gasteiger partial charge in [-0.25, -0.2) is 0 Å². The zero-order valence-electron chi connectivity index (χ0n) is 18.4. The van der Waals surface area contributed by atoms with E-state index in [4.69, 9.17) is 21.1 Å². The zero-order chi connectivity index (χ0) is 22.7. The number of ether oxygens (including phenoxy) is 2. The predicted molar refractivity (Wildman–Crippen MR) is 120 cm³/mol. The maximum absolute atomic E-state index is 13.2. The van der Waals surface area contributed by atoms with Crippen molar-refractivity contribution in [3.05, 3.63) is 0 Å². The second-order valence-corrected chi connectivity index (χ2v) is 10.7. The molecule has 3 unspecified atom stereocenters. The summed E-state index contributed by atoms with van der Waals surface area (Å²) >= 11 is 7.60. The van der Waals surface area contributed by atoms with Crippen LogP contribution in [0.3, 0.4) is 0 Å². The number of halogens is 1. The lowest BCUT2D eigenvalue weighted by Gasteiger charge is -2.44. The van der Waals surface area contributed by atoms with Crippen molar-refractivity contribution in [2.75, 3.05) is 19.4 Å². The summed E-state index contributed by atoms with van der Waals surface area (Å²) in [4.78, 5) is 13.2. The molecule has 0 bridgehead atoms. The smallest absolute Gasteiger partial charge is 0.240 e. The molecular weight excluding hydrogens is 444 g/mol. The van der Waals surface area contributed by atoms with Crippen molar-refractivity contribution in [2.24, 2.45) is 11.8 Å². The summed E-state index contributed by atoms with van der Waals surface area (Å²) in [5.41, 5.74) is -0.729. The Hall–Kier alpha value is -0.130. The number of carbonyl (C=O) groups is 1. The Kier molecular flexibility index (Phi) is 9.32. The molecule has 11 atom stereocenters. The largest absolute Gasteiger partial charge is 0.388 e. The molecule has 3 heterocycles. The number of fused-ring (bicyclic) bond motifs is 1. The average Bonchev–Trinajstić information content (AvgIpc) is 3.02. The van der Waals surface area contributed by atoms with Crippen LogP contribution in [0.4, 0.5) is 0 Å². The topological polar surface area (TPSA) is 120 Å². The van der Waals surface area contributed by atoms with Crippen molar-refractivity contribution in [2.45, 2.75) is 92.9 Å². The standard InChI is InChI=1S/C21H37ClN2O6S/c1-4-5-11-6-7-29-18-12(8-11)9-23-14(18)20(28)24-13(10(2)22)19-16(26)15(25)17(27)21(30-19)31-3/h10-19,21,23,25-27H,4-9H2,1-3H3,(H,24,28)/t10-,11+,12-,13+,14-,15?,16?,17+,18+,19+,21?/m0/s1. The van der Waals surface area contributed by atoms with Gasteiger partial charge in [0, 0.05) is 13.2 Å². The lowest BCUT2D eigenvalue weighted by molar-refractivity contribution is -0.205. The number of aliphatic hydroxyl groups excluding tert-OH is 3. The van der Waals surface area contributed by atoms with Gasteiger partial charge in [-0.1, -0.05) is 19.8 Å². The van der Waals surface area contributed by atoms with Gasteiger partial charge in [0.15, 0.2) is 0 Å². The molecule has 3 aliphatic rings. The molecule has 0 aromatic rings. The Labute approximate surface area is 193 Å². The maximum atomic E-state index is 13.2. The fraction of sp³-hybridized carbons (Fsp3) is 0.952. The Morgan fingerprint density at radius 1 is 1.29 bits per heavy atom. The highest BCUT2D eigenvalue weighted by Gasteiger charge is 2.49. The molecule has 1 amide bonds. The molecule has 8 nitrogen and oxygen atoms in total. The van der Waals surface area contributed by atoms with E-state index in [1.165, 1.54) is 18.2 Å². The first kappa shape index (κ1) is 25.5. The molecular formula is C21H37ClN2O6S. The normalized spacial score (nSPS) is 43.0. The summed E-state index contributed by atoms with van der Waals surface area (Å²) in [7, 11) is 0. The monoisotopic (exact) mass is 480 g/mol. The predicted octanol–water partition coefficient (Wildman–Crippen LogP) is 0.452. The number of nitrogens with one attached hydrogen (secondary N) is 2. The van der Waals surface area contributed by atoms with Gasteiger partial charge in [-0.2, -0.15) is 0 Å². The first-order valence-electron chi connectivity index (χ1n) is 11.3. The van der Waals surface area contributed by atoms with Crippen LogP contribution in [-0.4, -0.2) is 94.1 Å². The average molecular weight is 481 g/mol. The number of aliphatic hydroxyl groups is 3. The van der Waals surface area contributed by atoms with Crippen LogP contribution in [0, 0.1) is 11.8 Å². The van der Waals surface area contributed by atoms with E-state index in [9.17, 15) is 20.1 Å².